The minimum absolute atomic E-state index is 0.182. The van der Waals surface area contributed by atoms with Gasteiger partial charge in [-0.1, -0.05) is 29.8 Å². The summed E-state index contributed by atoms with van der Waals surface area (Å²) in [7, 11) is 0. The third kappa shape index (κ3) is 4.61. The first-order valence-electron chi connectivity index (χ1n) is 10.8. The number of hydrogen-bond acceptors (Lipinski definition) is 3. The molecule has 0 bridgehead atoms. The van der Waals surface area contributed by atoms with E-state index in [-0.39, 0.29) is 30.1 Å². The van der Waals surface area contributed by atoms with Crippen LogP contribution in [0.3, 0.4) is 0 Å². The molecule has 166 valence electrons. The van der Waals surface area contributed by atoms with Crippen LogP contribution in [0.25, 0.3) is 0 Å². The molecule has 7 heteroatoms. The Labute approximate surface area is 186 Å². The van der Waals surface area contributed by atoms with E-state index in [1.807, 2.05) is 0 Å². The molecule has 2 saturated heterocycles. The predicted octanol–water partition coefficient (Wildman–Crippen LogP) is 4.62. The highest BCUT2D eigenvalue weighted by molar-refractivity contribution is 6.31. The molecular formula is C24H27ClF2N2O2. The van der Waals surface area contributed by atoms with Gasteiger partial charge in [-0.05, 0) is 68.6 Å². The smallest absolute Gasteiger partial charge is 0.230 e. The number of hydrogen-bond donors (Lipinski definition) is 1. The van der Waals surface area contributed by atoms with E-state index in [2.05, 4.69) is 10.2 Å². The second-order valence-corrected chi connectivity index (χ2v) is 8.72. The van der Waals surface area contributed by atoms with Gasteiger partial charge in [0.1, 0.15) is 11.6 Å². The summed E-state index contributed by atoms with van der Waals surface area (Å²) in [4.78, 5) is 15.7. The highest BCUT2D eigenvalue weighted by Gasteiger charge is 2.42. The highest BCUT2D eigenvalue weighted by atomic mass is 35.5. The zero-order chi connectivity index (χ0) is 21.8. The van der Waals surface area contributed by atoms with E-state index in [0.717, 1.165) is 25.9 Å². The van der Waals surface area contributed by atoms with E-state index >= 15 is 0 Å². The Morgan fingerprint density at radius 1 is 1.13 bits per heavy atom. The molecule has 2 fully saturated rings. The van der Waals surface area contributed by atoms with Crippen LogP contribution in [0.2, 0.25) is 5.02 Å². The van der Waals surface area contributed by atoms with Gasteiger partial charge in [-0.15, -0.1) is 0 Å². The third-order valence-corrected chi connectivity index (χ3v) is 6.86. The SMILES string of the molecule is O=C(NCC(c1c(F)cccc1Cl)N1CCCC1)C1(c2cccc(F)c2)CCOCC1. The van der Waals surface area contributed by atoms with Crippen molar-refractivity contribution in [2.45, 2.75) is 37.1 Å². The van der Waals surface area contributed by atoms with Crippen LogP contribution in [-0.4, -0.2) is 43.7 Å². The topological polar surface area (TPSA) is 41.6 Å². The average molecular weight is 449 g/mol. The first kappa shape index (κ1) is 22.2. The molecule has 31 heavy (non-hydrogen) atoms. The fourth-order valence-corrected chi connectivity index (χ4v) is 5.10. The monoisotopic (exact) mass is 448 g/mol. The predicted molar refractivity (Wildman–Crippen MR) is 116 cm³/mol. The molecule has 2 heterocycles. The Morgan fingerprint density at radius 3 is 2.52 bits per heavy atom. The zero-order valence-corrected chi connectivity index (χ0v) is 18.1. The van der Waals surface area contributed by atoms with Crippen molar-refractivity contribution in [1.82, 2.24) is 10.2 Å². The Hall–Kier alpha value is -2.02. The van der Waals surface area contributed by atoms with Crippen LogP contribution in [0, 0.1) is 11.6 Å². The molecule has 1 amide bonds. The van der Waals surface area contributed by atoms with Gasteiger partial charge in [-0.25, -0.2) is 8.78 Å². The van der Waals surface area contributed by atoms with E-state index in [0.29, 0.717) is 42.2 Å². The third-order valence-electron chi connectivity index (χ3n) is 6.53. The number of amides is 1. The molecule has 0 radical (unpaired) electrons. The lowest BCUT2D eigenvalue weighted by molar-refractivity contribution is -0.130. The van der Waals surface area contributed by atoms with E-state index < -0.39 is 5.41 Å². The van der Waals surface area contributed by atoms with Gasteiger partial charge in [-0.3, -0.25) is 9.69 Å². The Morgan fingerprint density at radius 2 is 1.84 bits per heavy atom. The molecule has 0 spiro atoms. The van der Waals surface area contributed by atoms with Crippen molar-refractivity contribution >= 4 is 17.5 Å². The molecule has 4 rings (SSSR count). The van der Waals surface area contributed by atoms with Gasteiger partial charge < -0.3 is 10.1 Å². The summed E-state index contributed by atoms with van der Waals surface area (Å²) in [5.74, 6) is -0.924. The second-order valence-electron chi connectivity index (χ2n) is 8.31. The normalized spacial score (nSPS) is 19.8. The van der Waals surface area contributed by atoms with Crippen LogP contribution < -0.4 is 5.32 Å². The minimum Gasteiger partial charge on any atom is -0.381 e. The molecule has 2 aliphatic rings. The van der Waals surface area contributed by atoms with Gasteiger partial charge >= 0.3 is 0 Å². The molecule has 1 atom stereocenters. The summed E-state index contributed by atoms with van der Waals surface area (Å²) in [5.41, 5.74) is 0.197. The maximum atomic E-state index is 14.7. The van der Waals surface area contributed by atoms with Crippen molar-refractivity contribution in [2.24, 2.45) is 0 Å². The van der Waals surface area contributed by atoms with Crippen molar-refractivity contribution in [3.63, 3.8) is 0 Å². The van der Waals surface area contributed by atoms with Crippen molar-refractivity contribution < 1.29 is 18.3 Å². The molecule has 2 aliphatic heterocycles. The van der Waals surface area contributed by atoms with Gasteiger partial charge in [0.15, 0.2) is 0 Å². The van der Waals surface area contributed by atoms with E-state index in [1.54, 1.807) is 24.3 Å². The summed E-state index contributed by atoms with van der Waals surface area (Å²) < 4.78 is 34.2. The van der Waals surface area contributed by atoms with Crippen LogP contribution in [0.1, 0.15) is 42.9 Å². The van der Waals surface area contributed by atoms with Gasteiger partial charge in [0, 0.05) is 30.3 Å². The van der Waals surface area contributed by atoms with Gasteiger partial charge in [0.2, 0.25) is 5.91 Å². The number of carbonyl (C=O) groups is 1. The summed E-state index contributed by atoms with van der Waals surface area (Å²) in [6, 6.07) is 10.5. The van der Waals surface area contributed by atoms with Crippen LogP contribution in [0.5, 0.6) is 0 Å². The molecule has 4 nitrogen and oxygen atoms in total. The van der Waals surface area contributed by atoms with Crippen LogP contribution in [0.15, 0.2) is 42.5 Å². The van der Waals surface area contributed by atoms with Crippen molar-refractivity contribution in [3.8, 4) is 0 Å². The van der Waals surface area contributed by atoms with E-state index in [9.17, 15) is 13.6 Å². The fourth-order valence-electron chi connectivity index (χ4n) is 4.81. The van der Waals surface area contributed by atoms with Crippen molar-refractivity contribution in [3.05, 3.63) is 70.2 Å². The van der Waals surface area contributed by atoms with Gasteiger partial charge in [-0.2, -0.15) is 0 Å². The molecule has 0 saturated carbocycles. The minimum atomic E-state index is -0.866. The number of benzene rings is 2. The fraction of sp³-hybridized carbons (Fsp3) is 0.458. The second kappa shape index (κ2) is 9.63. The Kier molecular flexibility index (Phi) is 6.89. The first-order valence-corrected chi connectivity index (χ1v) is 11.2. The zero-order valence-electron chi connectivity index (χ0n) is 17.4. The molecule has 0 aliphatic carbocycles. The van der Waals surface area contributed by atoms with Gasteiger partial charge in [0.05, 0.1) is 11.5 Å². The standard InChI is InChI=1S/C24H27ClF2N2O2/c25-19-7-4-8-20(27)22(19)21(29-11-1-2-12-29)16-28-23(30)24(9-13-31-14-10-24)17-5-3-6-18(26)15-17/h3-8,15,21H,1-2,9-14,16H2,(H,28,30). The molecule has 2 aromatic carbocycles. The Balaban J connectivity index is 1.60. The Bertz CT molecular complexity index is 907. The van der Waals surface area contributed by atoms with Crippen LogP contribution >= 0.6 is 11.6 Å². The largest absolute Gasteiger partial charge is 0.381 e. The number of halogens is 3. The molecular weight excluding hydrogens is 422 g/mol. The van der Waals surface area contributed by atoms with E-state index in [4.69, 9.17) is 16.3 Å². The number of carbonyl (C=O) groups excluding carboxylic acids is 1. The number of likely N-dealkylation sites (tertiary alicyclic amines) is 1. The van der Waals surface area contributed by atoms with Crippen molar-refractivity contribution in [1.29, 1.82) is 0 Å². The summed E-state index contributed by atoms with van der Waals surface area (Å²) in [5, 5.41) is 3.42. The summed E-state index contributed by atoms with van der Waals surface area (Å²) >= 11 is 6.37. The lowest BCUT2D eigenvalue weighted by Crippen LogP contribution is -2.50. The van der Waals surface area contributed by atoms with E-state index in [1.165, 1.54) is 18.2 Å². The number of ether oxygens (including phenoxy) is 1. The quantitative estimate of drug-likeness (QED) is 0.701. The van der Waals surface area contributed by atoms with Gasteiger partial charge in [0.25, 0.3) is 0 Å². The summed E-state index contributed by atoms with van der Waals surface area (Å²) in [6.07, 6.45) is 3.00. The molecule has 1 unspecified atom stereocenters. The number of nitrogens with one attached hydrogen (secondary N) is 1. The molecule has 0 aromatic heterocycles. The number of nitrogens with zero attached hydrogens (tertiary/aromatic N) is 1. The maximum absolute atomic E-state index is 14.7. The molecule has 1 N–H and O–H groups in total. The molecule has 2 aromatic rings. The van der Waals surface area contributed by atoms with Crippen LogP contribution in [-0.2, 0) is 14.9 Å². The number of rotatable bonds is 6. The van der Waals surface area contributed by atoms with Crippen LogP contribution in [0.4, 0.5) is 8.78 Å². The lowest BCUT2D eigenvalue weighted by Gasteiger charge is -2.37. The average Bonchev–Trinajstić information content (AvgIpc) is 3.30. The lowest BCUT2D eigenvalue weighted by atomic mass is 9.73. The maximum Gasteiger partial charge on any atom is 0.230 e. The highest BCUT2D eigenvalue weighted by Crippen LogP contribution is 2.37. The summed E-state index contributed by atoms with van der Waals surface area (Å²) in [6.45, 7) is 2.75. The van der Waals surface area contributed by atoms with Crippen molar-refractivity contribution in [2.75, 3.05) is 32.8 Å². The first-order chi connectivity index (χ1) is 15.0.